The quantitative estimate of drug-likeness (QED) is 0.518. The predicted octanol–water partition coefficient (Wildman–Crippen LogP) is 6.17. The molecule has 0 aromatic heterocycles. The Morgan fingerprint density at radius 1 is 0.778 bits per heavy atom. The molecule has 9 heteroatoms. The van der Waals surface area contributed by atoms with Crippen molar-refractivity contribution >= 4 is 94.1 Å². The molecule has 4 rings (SSSR count). The number of rotatable bonds is 1. The standard InChI is InChI=1S/C9H6OS8/c1-10-9-17-7-8(18-9)16-6(15-7)5-13-3-4(14-5)12-2-11-3/h9H,2H2,1H3. The smallest absolute Gasteiger partial charge is 0.159 e. The average molecular weight is 387 g/mol. The number of methoxy groups -OCH3 is 1. The van der Waals surface area contributed by atoms with Crippen LogP contribution in [-0.2, 0) is 4.74 Å². The van der Waals surface area contributed by atoms with E-state index in [9.17, 15) is 0 Å². The first-order valence-corrected chi connectivity index (χ1v) is 11.9. The van der Waals surface area contributed by atoms with Gasteiger partial charge in [-0.2, -0.15) is 0 Å². The molecule has 0 amide bonds. The highest BCUT2D eigenvalue weighted by Crippen LogP contribution is 2.70. The molecule has 0 aliphatic carbocycles. The second-order valence-electron chi connectivity index (χ2n) is 3.30. The van der Waals surface area contributed by atoms with Crippen LogP contribution in [0.1, 0.15) is 0 Å². The summed E-state index contributed by atoms with van der Waals surface area (Å²) >= 11 is 15.5. The third-order valence-electron chi connectivity index (χ3n) is 2.22. The van der Waals surface area contributed by atoms with Gasteiger partial charge in [-0.25, -0.2) is 0 Å². The highest BCUT2D eigenvalue weighted by molar-refractivity contribution is 8.49. The fraction of sp³-hybridized carbons (Fsp3) is 0.333. The summed E-state index contributed by atoms with van der Waals surface area (Å²) in [5.74, 6) is 0. The third kappa shape index (κ3) is 2.45. The Bertz CT molecular complexity index is 469. The Kier molecular flexibility index (Phi) is 4.27. The van der Waals surface area contributed by atoms with Crippen molar-refractivity contribution in [1.82, 2.24) is 0 Å². The molecule has 0 fully saturated rings. The van der Waals surface area contributed by atoms with Crippen molar-refractivity contribution in [2.75, 3.05) is 12.2 Å². The van der Waals surface area contributed by atoms with Crippen molar-refractivity contribution in [3.8, 4) is 0 Å². The fourth-order valence-electron chi connectivity index (χ4n) is 1.46. The zero-order chi connectivity index (χ0) is 12.1. The SMILES string of the molecule is COC1SC2=C(SC(=C3SC4=C(SCS4)S3)S2)S1. The van der Waals surface area contributed by atoms with Gasteiger partial charge in [0.2, 0.25) is 0 Å². The summed E-state index contributed by atoms with van der Waals surface area (Å²) in [5, 5.41) is 1.20. The van der Waals surface area contributed by atoms with E-state index in [-0.39, 0.29) is 4.77 Å². The molecule has 0 aromatic rings. The Hall–Kier alpha value is 1.98. The highest BCUT2D eigenvalue weighted by Gasteiger charge is 2.37. The van der Waals surface area contributed by atoms with E-state index in [1.807, 2.05) is 94.1 Å². The summed E-state index contributed by atoms with van der Waals surface area (Å²) in [6, 6.07) is 0. The Morgan fingerprint density at radius 3 is 1.78 bits per heavy atom. The lowest BCUT2D eigenvalue weighted by molar-refractivity contribution is 0.236. The van der Waals surface area contributed by atoms with Crippen LogP contribution in [0, 0.1) is 0 Å². The first-order chi connectivity index (χ1) is 8.83. The summed E-state index contributed by atoms with van der Waals surface area (Å²) < 4.78 is 14.5. The topological polar surface area (TPSA) is 9.23 Å². The van der Waals surface area contributed by atoms with Gasteiger partial charge < -0.3 is 4.74 Å². The van der Waals surface area contributed by atoms with Gasteiger partial charge in [0, 0.05) is 12.2 Å². The summed E-state index contributed by atoms with van der Waals surface area (Å²) in [4.78, 5) is 0. The van der Waals surface area contributed by atoms with Crippen LogP contribution in [0.2, 0.25) is 0 Å². The van der Waals surface area contributed by atoms with E-state index in [2.05, 4.69) is 0 Å². The lowest BCUT2D eigenvalue weighted by Crippen LogP contribution is -1.93. The van der Waals surface area contributed by atoms with Crippen LogP contribution in [-0.4, -0.2) is 17.0 Å². The van der Waals surface area contributed by atoms with E-state index < -0.39 is 0 Å². The molecule has 0 bridgehead atoms. The molecule has 4 aliphatic heterocycles. The second-order valence-corrected chi connectivity index (χ2v) is 13.7. The van der Waals surface area contributed by atoms with Crippen LogP contribution in [0.15, 0.2) is 25.4 Å². The van der Waals surface area contributed by atoms with Crippen LogP contribution < -0.4 is 0 Å². The molecule has 0 atom stereocenters. The van der Waals surface area contributed by atoms with E-state index in [0.717, 1.165) is 0 Å². The lowest BCUT2D eigenvalue weighted by Gasteiger charge is -2.09. The maximum Gasteiger partial charge on any atom is 0.159 e. The van der Waals surface area contributed by atoms with Crippen LogP contribution in [0.3, 0.4) is 0 Å². The number of hydrogen-bond donors (Lipinski definition) is 0. The van der Waals surface area contributed by atoms with Crippen LogP contribution in [0.5, 0.6) is 0 Å². The van der Waals surface area contributed by atoms with Gasteiger partial charge in [0.15, 0.2) is 4.77 Å². The van der Waals surface area contributed by atoms with Gasteiger partial charge in [-0.1, -0.05) is 70.6 Å². The summed E-state index contributed by atoms with van der Waals surface area (Å²) in [7, 11) is 1.78. The van der Waals surface area contributed by atoms with E-state index in [1.165, 1.54) is 30.5 Å². The number of hydrogen-bond acceptors (Lipinski definition) is 9. The third-order valence-corrected chi connectivity index (χ3v) is 14.2. The minimum atomic E-state index is 0.264. The molecule has 0 radical (unpaired) electrons. The summed E-state index contributed by atoms with van der Waals surface area (Å²) in [6.07, 6.45) is 0. The van der Waals surface area contributed by atoms with E-state index in [4.69, 9.17) is 4.74 Å². The van der Waals surface area contributed by atoms with Crippen LogP contribution in [0.25, 0.3) is 0 Å². The van der Waals surface area contributed by atoms with Gasteiger partial charge in [0.25, 0.3) is 0 Å². The van der Waals surface area contributed by atoms with Crippen molar-refractivity contribution < 1.29 is 4.74 Å². The molecule has 4 aliphatic rings. The summed E-state index contributed by atoms with van der Waals surface area (Å²) in [5.41, 5.74) is 0. The maximum atomic E-state index is 5.39. The first-order valence-electron chi connectivity index (χ1n) is 4.89. The van der Waals surface area contributed by atoms with Crippen molar-refractivity contribution in [1.29, 1.82) is 0 Å². The highest BCUT2D eigenvalue weighted by atomic mass is 32.3. The van der Waals surface area contributed by atoms with Gasteiger partial charge in [-0.05, 0) is 0 Å². The van der Waals surface area contributed by atoms with Gasteiger partial charge >= 0.3 is 0 Å². The van der Waals surface area contributed by atoms with Crippen molar-refractivity contribution in [3.05, 3.63) is 25.4 Å². The zero-order valence-electron chi connectivity index (χ0n) is 8.96. The van der Waals surface area contributed by atoms with E-state index in [0.29, 0.717) is 0 Å². The molecule has 18 heavy (non-hydrogen) atoms. The molecule has 0 aromatic carbocycles. The molecule has 96 valence electrons. The van der Waals surface area contributed by atoms with Gasteiger partial charge in [0.1, 0.15) is 0 Å². The molecular weight excluding hydrogens is 381 g/mol. The normalized spacial score (nSPS) is 27.8. The average Bonchev–Trinajstić information content (AvgIpc) is 3.05. The molecule has 0 saturated carbocycles. The minimum absolute atomic E-state index is 0.264. The van der Waals surface area contributed by atoms with E-state index in [1.54, 1.807) is 7.11 Å². The fourth-order valence-corrected chi connectivity index (χ4v) is 14.5. The van der Waals surface area contributed by atoms with Crippen LogP contribution in [0.4, 0.5) is 0 Å². The second kappa shape index (κ2) is 5.64. The van der Waals surface area contributed by atoms with E-state index >= 15 is 0 Å². The van der Waals surface area contributed by atoms with Crippen molar-refractivity contribution in [3.63, 3.8) is 0 Å². The largest absolute Gasteiger partial charge is 0.360 e. The molecule has 0 spiro atoms. The predicted molar refractivity (Wildman–Crippen MR) is 97.5 cm³/mol. The molecule has 1 nitrogen and oxygen atoms in total. The Balaban J connectivity index is 1.48. The van der Waals surface area contributed by atoms with Crippen molar-refractivity contribution in [2.24, 2.45) is 0 Å². The maximum absolute atomic E-state index is 5.39. The zero-order valence-corrected chi connectivity index (χ0v) is 15.5. The molecular formula is C9H6OS8. The molecule has 4 heterocycles. The first kappa shape index (κ1) is 13.6. The molecule has 0 saturated heterocycles. The van der Waals surface area contributed by atoms with Crippen molar-refractivity contribution in [2.45, 2.75) is 4.77 Å². The van der Waals surface area contributed by atoms with Crippen LogP contribution >= 0.6 is 94.1 Å². The minimum Gasteiger partial charge on any atom is -0.360 e. The number of thioether (sulfide) groups is 8. The molecule has 0 N–H and O–H groups in total. The monoisotopic (exact) mass is 386 g/mol. The van der Waals surface area contributed by atoms with Gasteiger partial charge in [-0.15, -0.1) is 23.5 Å². The Labute approximate surface area is 140 Å². The Morgan fingerprint density at radius 2 is 1.28 bits per heavy atom. The number of ether oxygens (including phenoxy) is 1. The van der Waals surface area contributed by atoms with Gasteiger partial charge in [-0.3, -0.25) is 0 Å². The lowest BCUT2D eigenvalue weighted by atomic mass is 11.2. The summed E-state index contributed by atoms with van der Waals surface area (Å²) in [6.45, 7) is 0. The van der Waals surface area contributed by atoms with Gasteiger partial charge in [0.05, 0.1) is 25.4 Å². The molecule has 0 unspecified atom stereocenters.